The molecule has 0 heterocycles. The third-order valence-corrected chi connectivity index (χ3v) is 3.51. The highest BCUT2D eigenvalue weighted by molar-refractivity contribution is 7.85. The van der Waals surface area contributed by atoms with Gasteiger partial charge in [0.25, 0.3) is 0 Å². The van der Waals surface area contributed by atoms with E-state index in [9.17, 15) is 9.00 Å². The average molecular weight is 250 g/mol. The molecule has 0 radical (unpaired) electrons. The molecule has 5 heteroatoms. The van der Waals surface area contributed by atoms with Crippen molar-refractivity contribution < 1.29 is 9.00 Å². The van der Waals surface area contributed by atoms with E-state index in [0.29, 0.717) is 24.3 Å². The van der Waals surface area contributed by atoms with Gasteiger partial charge < -0.3 is 5.32 Å². The fraction of sp³-hybridized carbons (Fsp3) is 0.333. The Balaban J connectivity index is 2.58. The number of carbonyl (C=O) groups excluding carboxylic acids is 1. The quantitative estimate of drug-likeness (QED) is 0.813. The minimum Gasteiger partial charge on any atom is -0.326 e. The lowest BCUT2D eigenvalue weighted by Gasteiger charge is -2.04. The lowest BCUT2D eigenvalue weighted by molar-refractivity contribution is -0.114. The summed E-state index contributed by atoms with van der Waals surface area (Å²) in [6.45, 7) is 1.44. The highest BCUT2D eigenvalue weighted by Gasteiger charge is 2.03. The molecule has 0 saturated heterocycles. The SMILES string of the molecule is CC(=O)Nc1ccc(S(=O)CCCC#N)cc1. The van der Waals surface area contributed by atoms with Crippen molar-refractivity contribution in [2.75, 3.05) is 11.1 Å². The maximum atomic E-state index is 11.8. The third-order valence-electron chi connectivity index (χ3n) is 2.06. The molecular formula is C12H14N2O2S. The van der Waals surface area contributed by atoms with Crippen LogP contribution in [0.1, 0.15) is 19.8 Å². The molecule has 1 amide bonds. The van der Waals surface area contributed by atoms with E-state index in [1.54, 1.807) is 24.3 Å². The molecule has 4 nitrogen and oxygen atoms in total. The van der Waals surface area contributed by atoms with Crippen molar-refractivity contribution in [2.24, 2.45) is 0 Å². The van der Waals surface area contributed by atoms with E-state index in [-0.39, 0.29) is 5.91 Å². The second-order valence-electron chi connectivity index (χ2n) is 3.52. The number of rotatable bonds is 5. The van der Waals surface area contributed by atoms with Crippen LogP contribution >= 0.6 is 0 Å². The van der Waals surface area contributed by atoms with E-state index in [0.717, 1.165) is 4.90 Å². The molecule has 0 fully saturated rings. The molecule has 1 aromatic rings. The Bertz CT molecular complexity index is 449. The number of hydrogen-bond acceptors (Lipinski definition) is 3. The summed E-state index contributed by atoms with van der Waals surface area (Å²) < 4.78 is 11.8. The maximum Gasteiger partial charge on any atom is 0.221 e. The normalized spacial score (nSPS) is 11.5. The summed E-state index contributed by atoms with van der Waals surface area (Å²) in [6, 6.07) is 8.93. The van der Waals surface area contributed by atoms with Gasteiger partial charge >= 0.3 is 0 Å². The lowest BCUT2D eigenvalue weighted by Crippen LogP contribution is -2.05. The Morgan fingerprint density at radius 3 is 2.59 bits per heavy atom. The monoisotopic (exact) mass is 250 g/mol. The first-order chi connectivity index (χ1) is 8.13. The van der Waals surface area contributed by atoms with Gasteiger partial charge in [0.15, 0.2) is 0 Å². The molecule has 0 aliphatic heterocycles. The Morgan fingerprint density at radius 2 is 2.06 bits per heavy atom. The molecule has 1 rings (SSSR count). The number of nitriles is 1. The predicted octanol–water partition coefficient (Wildman–Crippen LogP) is 2.06. The van der Waals surface area contributed by atoms with Crippen LogP contribution in [0.5, 0.6) is 0 Å². The molecule has 1 N–H and O–H groups in total. The van der Waals surface area contributed by atoms with Crippen molar-refractivity contribution >= 4 is 22.4 Å². The number of carbonyl (C=O) groups is 1. The zero-order valence-corrected chi connectivity index (χ0v) is 10.4. The minimum absolute atomic E-state index is 0.132. The second kappa shape index (κ2) is 6.81. The van der Waals surface area contributed by atoms with Gasteiger partial charge in [0.1, 0.15) is 0 Å². The zero-order chi connectivity index (χ0) is 12.7. The van der Waals surface area contributed by atoms with Gasteiger partial charge in [-0.05, 0) is 30.7 Å². The second-order valence-corrected chi connectivity index (χ2v) is 5.09. The van der Waals surface area contributed by atoms with Crippen molar-refractivity contribution in [3.8, 4) is 6.07 Å². The number of nitrogens with one attached hydrogen (secondary N) is 1. The van der Waals surface area contributed by atoms with E-state index >= 15 is 0 Å². The average Bonchev–Trinajstić information content (AvgIpc) is 2.29. The van der Waals surface area contributed by atoms with Crippen LogP contribution < -0.4 is 5.32 Å². The molecule has 0 bridgehead atoms. The highest BCUT2D eigenvalue weighted by atomic mass is 32.2. The Kier molecular flexibility index (Phi) is 5.37. The molecule has 0 aromatic heterocycles. The van der Waals surface area contributed by atoms with Crippen molar-refractivity contribution in [2.45, 2.75) is 24.7 Å². The predicted molar refractivity (Wildman–Crippen MR) is 66.9 cm³/mol. The minimum atomic E-state index is -1.07. The van der Waals surface area contributed by atoms with Crippen molar-refractivity contribution in [1.82, 2.24) is 0 Å². The summed E-state index contributed by atoms with van der Waals surface area (Å²) in [6.07, 6.45) is 1.06. The molecule has 90 valence electrons. The summed E-state index contributed by atoms with van der Waals surface area (Å²) in [7, 11) is -1.07. The van der Waals surface area contributed by atoms with Crippen LogP contribution in [0.2, 0.25) is 0 Å². The third kappa shape index (κ3) is 4.79. The van der Waals surface area contributed by atoms with Gasteiger partial charge in [-0.25, -0.2) is 0 Å². The first kappa shape index (κ1) is 13.4. The number of hydrogen-bond donors (Lipinski definition) is 1. The van der Waals surface area contributed by atoms with Crippen LogP contribution in [0.3, 0.4) is 0 Å². The Labute approximate surface area is 103 Å². The van der Waals surface area contributed by atoms with Gasteiger partial charge in [-0.3, -0.25) is 9.00 Å². The fourth-order valence-corrected chi connectivity index (χ4v) is 2.38. The van der Waals surface area contributed by atoms with Gasteiger partial charge in [0.2, 0.25) is 5.91 Å². The van der Waals surface area contributed by atoms with E-state index in [1.165, 1.54) is 6.92 Å². The summed E-state index contributed by atoms with van der Waals surface area (Å²) in [5.41, 5.74) is 0.690. The van der Waals surface area contributed by atoms with Crippen LogP contribution in [-0.4, -0.2) is 15.9 Å². The molecule has 1 aromatic carbocycles. The van der Waals surface area contributed by atoms with Crippen LogP contribution in [0, 0.1) is 11.3 Å². The van der Waals surface area contributed by atoms with E-state index in [4.69, 9.17) is 5.26 Å². The van der Waals surface area contributed by atoms with Crippen LogP contribution in [0.25, 0.3) is 0 Å². The molecule has 0 aliphatic rings. The first-order valence-corrected chi connectivity index (χ1v) is 6.58. The first-order valence-electron chi connectivity index (χ1n) is 5.26. The molecule has 0 saturated carbocycles. The molecule has 1 atom stereocenters. The Hall–Kier alpha value is -1.67. The lowest BCUT2D eigenvalue weighted by atomic mass is 10.3. The summed E-state index contributed by atoms with van der Waals surface area (Å²) in [4.78, 5) is 11.5. The largest absolute Gasteiger partial charge is 0.326 e. The smallest absolute Gasteiger partial charge is 0.221 e. The number of benzene rings is 1. The molecule has 17 heavy (non-hydrogen) atoms. The number of unbranched alkanes of at least 4 members (excludes halogenated alkanes) is 1. The standard InChI is InChI=1S/C12H14N2O2S/c1-10(15)14-11-4-6-12(7-5-11)17(16)9-3-2-8-13/h4-7H,2-3,9H2,1H3,(H,14,15). The molecule has 1 unspecified atom stereocenters. The summed E-state index contributed by atoms with van der Waals surface area (Å²) in [5, 5.41) is 11.0. The topological polar surface area (TPSA) is 70.0 Å². The van der Waals surface area contributed by atoms with Crippen LogP contribution in [0.15, 0.2) is 29.2 Å². The Morgan fingerprint density at radius 1 is 1.41 bits per heavy atom. The fourth-order valence-electron chi connectivity index (χ4n) is 1.29. The van der Waals surface area contributed by atoms with Gasteiger partial charge in [-0.2, -0.15) is 5.26 Å². The number of amides is 1. The van der Waals surface area contributed by atoms with Gasteiger partial charge in [-0.1, -0.05) is 0 Å². The summed E-state index contributed by atoms with van der Waals surface area (Å²) >= 11 is 0. The number of anilines is 1. The maximum absolute atomic E-state index is 11.8. The van der Waals surface area contributed by atoms with Gasteiger partial charge in [-0.15, -0.1) is 0 Å². The summed E-state index contributed by atoms with van der Waals surface area (Å²) in [5.74, 6) is 0.362. The highest BCUT2D eigenvalue weighted by Crippen LogP contribution is 2.13. The van der Waals surface area contributed by atoms with Crippen molar-refractivity contribution in [3.05, 3.63) is 24.3 Å². The van der Waals surface area contributed by atoms with Gasteiger partial charge in [0, 0.05) is 29.7 Å². The van der Waals surface area contributed by atoms with Crippen LogP contribution in [-0.2, 0) is 15.6 Å². The zero-order valence-electron chi connectivity index (χ0n) is 9.60. The van der Waals surface area contributed by atoms with Crippen molar-refractivity contribution in [3.63, 3.8) is 0 Å². The van der Waals surface area contributed by atoms with E-state index in [1.807, 2.05) is 6.07 Å². The van der Waals surface area contributed by atoms with Crippen molar-refractivity contribution in [1.29, 1.82) is 5.26 Å². The molecule has 0 aliphatic carbocycles. The van der Waals surface area contributed by atoms with E-state index in [2.05, 4.69) is 5.32 Å². The molecular weight excluding hydrogens is 236 g/mol. The van der Waals surface area contributed by atoms with Gasteiger partial charge in [0.05, 0.1) is 16.9 Å². The van der Waals surface area contributed by atoms with Crippen LogP contribution in [0.4, 0.5) is 5.69 Å². The molecule has 0 spiro atoms. The van der Waals surface area contributed by atoms with E-state index < -0.39 is 10.8 Å². The number of nitrogens with zero attached hydrogens (tertiary/aromatic N) is 1.